The van der Waals surface area contributed by atoms with Crippen molar-refractivity contribution in [3.05, 3.63) is 59.9 Å². The lowest BCUT2D eigenvalue weighted by molar-refractivity contribution is -0.116. The molecule has 0 heterocycles. The molecule has 0 atom stereocenters. The first-order valence-corrected chi connectivity index (χ1v) is 6.92. The largest absolute Gasteiger partial charge is 0.497 e. The smallest absolute Gasteiger partial charge is 0.242 e. The van der Waals surface area contributed by atoms with Crippen LogP contribution < -0.4 is 9.64 Å². The molecule has 0 saturated heterocycles. The van der Waals surface area contributed by atoms with E-state index < -0.39 is 0 Å². The average Bonchev–Trinajstić information content (AvgIpc) is 2.53. The Hall–Kier alpha value is -2.07. The zero-order valence-corrected chi connectivity index (χ0v) is 12.3. The van der Waals surface area contributed by atoms with Crippen LogP contribution in [-0.4, -0.2) is 18.9 Å². The first kappa shape index (κ1) is 15.3. The van der Waals surface area contributed by atoms with Crippen molar-refractivity contribution in [2.45, 2.75) is 6.54 Å². The van der Waals surface area contributed by atoms with E-state index in [1.54, 1.807) is 19.2 Å². The van der Waals surface area contributed by atoms with Gasteiger partial charge in [0, 0.05) is 5.69 Å². The summed E-state index contributed by atoms with van der Waals surface area (Å²) in [6, 6.07) is 13.1. The van der Waals surface area contributed by atoms with Crippen LogP contribution in [0.25, 0.3) is 0 Å². The van der Waals surface area contributed by atoms with Crippen molar-refractivity contribution in [1.29, 1.82) is 0 Å². The van der Waals surface area contributed by atoms with Gasteiger partial charge in [0.1, 0.15) is 17.4 Å². The van der Waals surface area contributed by atoms with E-state index in [0.29, 0.717) is 12.2 Å². The number of carbonyl (C=O) groups is 1. The van der Waals surface area contributed by atoms with Gasteiger partial charge >= 0.3 is 0 Å². The number of anilines is 1. The molecule has 3 nitrogen and oxygen atoms in total. The monoisotopic (exact) mass is 307 g/mol. The fourth-order valence-electron chi connectivity index (χ4n) is 1.93. The molecule has 110 valence electrons. The Balaban J connectivity index is 2.23. The van der Waals surface area contributed by atoms with Crippen molar-refractivity contribution < 1.29 is 13.9 Å². The Kier molecular flexibility index (Phi) is 5.17. The molecule has 21 heavy (non-hydrogen) atoms. The van der Waals surface area contributed by atoms with E-state index in [1.165, 1.54) is 17.0 Å². The summed E-state index contributed by atoms with van der Waals surface area (Å²) in [5, 5.41) is 0. The van der Waals surface area contributed by atoms with Gasteiger partial charge < -0.3 is 9.64 Å². The third-order valence-electron chi connectivity index (χ3n) is 3.05. The van der Waals surface area contributed by atoms with Crippen molar-refractivity contribution in [1.82, 2.24) is 0 Å². The van der Waals surface area contributed by atoms with Crippen LogP contribution in [0.2, 0.25) is 0 Å². The minimum absolute atomic E-state index is 0.131. The fourth-order valence-corrected chi connectivity index (χ4v) is 2.07. The number of nitrogens with zero attached hydrogens (tertiary/aromatic N) is 1. The topological polar surface area (TPSA) is 29.5 Å². The number of amides is 1. The summed E-state index contributed by atoms with van der Waals surface area (Å²) in [5.74, 6) is 0.0318. The molecular formula is C16H15ClFNO2. The number of hydrogen-bond acceptors (Lipinski definition) is 2. The molecule has 0 N–H and O–H groups in total. The number of carbonyl (C=O) groups excluding carboxylic acids is 1. The van der Waals surface area contributed by atoms with E-state index in [4.69, 9.17) is 16.3 Å². The molecule has 0 saturated carbocycles. The second-order valence-electron chi connectivity index (χ2n) is 4.44. The molecule has 0 bridgehead atoms. The predicted molar refractivity (Wildman–Crippen MR) is 81.3 cm³/mol. The summed E-state index contributed by atoms with van der Waals surface area (Å²) in [5.41, 5.74) is 1.54. The SMILES string of the molecule is COc1ccc(CN(C(=O)CCl)c2ccc(F)cc2)cc1. The molecule has 0 aliphatic rings. The van der Waals surface area contributed by atoms with Gasteiger partial charge in [-0.1, -0.05) is 12.1 Å². The maximum absolute atomic E-state index is 13.0. The van der Waals surface area contributed by atoms with Gasteiger partial charge in [-0.3, -0.25) is 4.79 Å². The van der Waals surface area contributed by atoms with E-state index in [2.05, 4.69) is 0 Å². The number of benzene rings is 2. The third kappa shape index (κ3) is 3.95. The minimum Gasteiger partial charge on any atom is -0.497 e. The second kappa shape index (κ2) is 7.09. The highest BCUT2D eigenvalue weighted by molar-refractivity contribution is 6.29. The normalized spacial score (nSPS) is 10.2. The molecule has 2 aromatic rings. The highest BCUT2D eigenvalue weighted by atomic mass is 35.5. The highest BCUT2D eigenvalue weighted by Crippen LogP contribution is 2.20. The number of alkyl halides is 1. The molecular weight excluding hydrogens is 293 g/mol. The van der Waals surface area contributed by atoms with E-state index >= 15 is 0 Å². The number of ether oxygens (including phenoxy) is 1. The molecule has 0 aliphatic carbocycles. The zero-order valence-electron chi connectivity index (χ0n) is 11.6. The van der Waals surface area contributed by atoms with Crippen molar-refractivity contribution >= 4 is 23.2 Å². The summed E-state index contributed by atoms with van der Waals surface area (Å²) >= 11 is 5.66. The Morgan fingerprint density at radius 2 is 1.76 bits per heavy atom. The summed E-state index contributed by atoms with van der Waals surface area (Å²) < 4.78 is 18.1. The van der Waals surface area contributed by atoms with Crippen molar-refractivity contribution in [3.8, 4) is 5.75 Å². The third-order valence-corrected chi connectivity index (χ3v) is 3.28. The summed E-state index contributed by atoms with van der Waals surface area (Å²) in [6.07, 6.45) is 0. The number of methoxy groups -OCH3 is 1. The first-order valence-electron chi connectivity index (χ1n) is 6.39. The van der Waals surface area contributed by atoms with Crippen molar-refractivity contribution in [3.63, 3.8) is 0 Å². The standard InChI is InChI=1S/C16H15ClFNO2/c1-21-15-8-2-12(3-9-15)11-19(16(20)10-17)14-6-4-13(18)5-7-14/h2-9H,10-11H2,1H3. The van der Waals surface area contributed by atoms with E-state index in [-0.39, 0.29) is 17.6 Å². The number of halogens is 2. The van der Waals surface area contributed by atoms with Gasteiger partial charge in [0.05, 0.1) is 13.7 Å². The Morgan fingerprint density at radius 1 is 1.14 bits per heavy atom. The van der Waals surface area contributed by atoms with Gasteiger partial charge in [0.15, 0.2) is 0 Å². The first-order chi connectivity index (χ1) is 10.1. The minimum atomic E-state index is -0.346. The van der Waals surface area contributed by atoms with Crippen molar-refractivity contribution in [2.75, 3.05) is 17.9 Å². The van der Waals surface area contributed by atoms with Crippen LogP contribution in [0.1, 0.15) is 5.56 Å². The van der Waals surface area contributed by atoms with E-state index in [0.717, 1.165) is 11.3 Å². The summed E-state index contributed by atoms with van der Waals surface area (Å²) in [7, 11) is 1.59. The van der Waals surface area contributed by atoms with Crippen LogP contribution in [0.3, 0.4) is 0 Å². The number of rotatable bonds is 5. The fraction of sp³-hybridized carbons (Fsp3) is 0.188. The van der Waals surface area contributed by atoms with Crippen LogP contribution in [0.15, 0.2) is 48.5 Å². The average molecular weight is 308 g/mol. The molecule has 0 aliphatic heterocycles. The predicted octanol–water partition coefficient (Wildman–Crippen LogP) is 3.61. The Bertz CT molecular complexity index is 599. The lowest BCUT2D eigenvalue weighted by Gasteiger charge is -2.22. The molecule has 0 spiro atoms. The molecule has 5 heteroatoms. The van der Waals surface area contributed by atoms with Crippen LogP contribution in [0.4, 0.5) is 10.1 Å². The molecule has 0 unspecified atom stereocenters. The van der Waals surface area contributed by atoms with Crippen LogP contribution in [0.5, 0.6) is 5.75 Å². The molecule has 2 rings (SSSR count). The van der Waals surface area contributed by atoms with Crippen LogP contribution >= 0.6 is 11.6 Å². The lowest BCUT2D eigenvalue weighted by atomic mass is 10.2. The van der Waals surface area contributed by atoms with Gasteiger partial charge in [-0.05, 0) is 42.0 Å². The molecule has 1 amide bonds. The van der Waals surface area contributed by atoms with Gasteiger partial charge in [-0.25, -0.2) is 4.39 Å². The van der Waals surface area contributed by atoms with E-state index in [9.17, 15) is 9.18 Å². The highest BCUT2D eigenvalue weighted by Gasteiger charge is 2.15. The van der Waals surface area contributed by atoms with Crippen molar-refractivity contribution in [2.24, 2.45) is 0 Å². The maximum atomic E-state index is 13.0. The van der Waals surface area contributed by atoms with Gasteiger partial charge in [0.2, 0.25) is 5.91 Å². The molecule has 2 aromatic carbocycles. The Labute approximate surface area is 127 Å². The number of hydrogen-bond donors (Lipinski definition) is 0. The summed E-state index contributed by atoms with van der Waals surface area (Å²) in [4.78, 5) is 13.5. The summed E-state index contributed by atoms with van der Waals surface area (Å²) in [6.45, 7) is 0.362. The van der Waals surface area contributed by atoms with Gasteiger partial charge in [-0.15, -0.1) is 11.6 Å². The van der Waals surface area contributed by atoms with Crippen LogP contribution in [-0.2, 0) is 11.3 Å². The molecule has 0 radical (unpaired) electrons. The Morgan fingerprint density at radius 3 is 2.29 bits per heavy atom. The second-order valence-corrected chi connectivity index (χ2v) is 4.71. The van der Waals surface area contributed by atoms with E-state index in [1.807, 2.05) is 24.3 Å². The maximum Gasteiger partial charge on any atom is 0.242 e. The van der Waals surface area contributed by atoms with Gasteiger partial charge in [-0.2, -0.15) is 0 Å². The molecule has 0 fully saturated rings. The zero-order chi connectivity index (χ0) is 15.2. The quantitative estimate of drug-likeness (QED) is 0.790. The lowest BCUT2D eigenvalue weighted by Crippen LogP contribution is -2.31. The molecule has 0 aromatic heterocycles. The van der Waals surface area contributed by atoms with Crippen LogP contribution in [0, 0.1) is 5.82 Å². The van der Waals surface area contributed by atoms with Gasteiger partial charge in [0.25, 0.3) is 0 Å².